The second-order valence-electron chi connectivity index (χ2n) is 5.81. The highest BCUT2D eigenvalue weighted by Crippen LogP contribution is 2.37. The van der Waals surface area contributed by atoms with Crippen molar-refractivity contribution in [2.45, 2.75) is 32.6 Å². The summed E-state index contributed by atoms with van der Waals surface area (Å²) in [6.45, 7) is 3.04. The molecule has 1 aliphatic rings. The zero-order chi connectivity index (χ0) is 16.9. The highest BCUT2D eigenvalue weighted by atomic mass is 35.5. The smallest absolute Gasteiger partial charge is 0.224 e. The van der Waals surface area contributed by atoms with E-state index in [9.17, 15) is 4.79 Å². The molecule has 1 aliphatic heterocycles. The number of hydrogen-bond donors (Lipinski definition) is 0. The summed E-state index contributed by atoms with van der Waals surface area (Å²) in [5, 5.41) is 1.97. The van der Waals surface area contributed by atoms with Crippen LogP contribution in [0.4, 0.5) is 5.00 Å². The lowest BCUT2D eigenvalue weighted by Gasteiger charge is -2.17. The number of aromatic nitrogens is 1. The number of rotatable bonds is 5. The summed E-state index contributed by atoms with van der Waals surface area (Å²) in [5.41, 5.74) is 2.10. The molecule has 0 aliphatic carbocycles. The average molecular weight is 365 g/mol. The third-order valence-electron chi connectivity index (χ3n) is 4.00. The first-order valence-corrected chi connectivity index (χ1v) is 9.61. The third-order valence-corrected chi connectivity index (χ3v) is 5.43. The molecule has 0 saturated carbocycles. The van der Waals surface area contributed by atoms with E-state index in [0.717, 1.165) is 59.2 Å². The van der Waals surface area contributed by atoms with Crippen LogP contribution >= 0.6 is 22.9 Å². The van der Waals surface area contributed by atoms with Crippen molar-refractivity contribution in [1.29, 1.82) is 0 Å². The standard InChI is InChI=1S/C18H21ClN2O2S/c1-13(22)21-11-3-2-5-16-18(21)24-17(20-16)14-6-8-15(9-7-14)23-12-4-10-19/h6-9H,2-5,10-12H2,1H3. The SMILES string of the molecule is CC(=O)N1CCCCc2nc(-c3ccc(OCCCCl)cc3)sc21. The number of anilines is 1. The van der Waals surface area contributed by atoms with Crippen LogP contribution in [0.1, 0.15) is 31.9 Å². The molecular weight excluding hydrogens is 344 g/mol. The number of aryl methyl sites for hydroxylation is 1. The Morgan fingerprint density at radius 3 is 2.83 bits per heavy atom. The van der Waals surface area contributed by atoms with Crippen molar-refractivity contribution in [3.05, 3.63) is 30.0 Å². The number of nitrogens with zero attached hydrogens (tertiary/aromatic N) is 2. The Kier molecular flexibility index (Phi) is 5.74. The van der Waals surface area contributed by atoms with E-state index in [-0.39, 0.29) is 5.91 Å². The molecule has 4 nitrogen and oxygen atoms in total. The fraction of sp³-hybridized carbons (Fsp3) is 0.444. The maximum absolute atomic E-state index is 11.9. The van der Waals surface area contributed by atoms with Crippen LogP contribution in [0.15, 0.2) is 24.3 Å². The first kappa shape index (κ1) is 17.2. The summed E-state index contributed by atoms with van der Waals surface area (Å²) in [6.07, 6.45) is 3.89. The molecule has 0 spiro atoms. The highest BCUT2D eigenvalue weighted by Gasteiger charge is 2.23. The summed E-state index contributed by atoms with van der Waals surface area (Å²) in [5.74, 6) is 1.54. The van der Waals surface area contributed by atoms with Gasteiger partial charge in [-0.2, -0.15) is 0 Å². The number of benzene rings is 1. The number of carbonyl (C=O) groups excluding carboxylic acids is 1. The van der Waals surface area contributed by atoms with Crippen LogP contribution in [0, 0.1) is 0 Å². The fourth-order valence-corrected chi connectivity index (χ4v) is 4.04. The first-order chi connectivity index (χ1) is 11.7. The van der Waals surface area contributed by atoms with Crippen molar-refractivity contribution in [3.63, 3.8) is 0 Å². The summed E-state index contributed by atoms with van der Waals surface area (Å²) in [7, 11) is 0. The highest BCUT2D eigenvalue weighted by molar-refractivity contribution is 7.19. The van der Waals surface area contributed by atoms with Crippen LogP contribution in [-0.2, 0) is 11.2 Å². The van der Waals surface area contributed by atoms with E-state index in [1.165, 1.54) is 0 Å². The van der Waals surface area contributed by atoms with E-state index in [0.29, 0.717) is 12.5 Å². The van der Waals surface area contributed by atoms with E-state index in [1.54, 1.807) is 18.3 Å². The Morgan fingerprint density at radius 2 is 2.12 bits per heavy atom. The maximum atomic E-state index is 11.9. The molecule has 0 bridgehead atoms. The number of hydrogen-bond acceptors (Lipinski definition) is 4. The summed E-state index contributed by atoms with van der Waals surface area (Å²) < 4.78 is 5.63. The molecule has 0 atom stereocenters. The Bertz CT molecular complexity index is 700. The zero-order valence-corrected chi connectivity index (χ0v) is 15.3. The van der Waals surface area contributed by atoms with Gasteiger partial charge in [-0.25, -0.2) is 4.98 Å². The van der Waals surface area contributed by atoms with Gasteiger partial charge in [-0.05, 0) is 49.9 Å². The molecule has 1 amide bonds. The number of alkyl halides is 1. The lowest BCUT2D eigenvalue weighted by Crippen LogP contribution is -2.28. The molecule has 2 aromatic rings. The van der Waals surface area contributed by atoms with Gasteiger partial charge in [0, 0.05) is 24.9 Å². The van der Waals surface area contributed by atoms with E-state index < -0.39 is 0 Å². The number of fused-ring (bicyclic) bond motifs is 1. The molecule has 3 rings (SSSR count). The Labute approximate surface area is 151 Å². The first-order valence-electron chi connectivity index (χ1n) is 8.26. The quantitative estimate of drug-likeness (QED) is 0.579. The molecule has 6 heteroatoms. The van der Waals surface area contributed by atoms with Crippen LogP contribution in [0.25, 0.3) is 10.6 Å². The van der Waals surface area contributed by atoms with Crippen molar-refractivity contribution in [2.24, 2.45) is 0 Å². The van der Waals surface area contributed by atoms with E-state index in [2.05, 4.69) is 0 Å². The normalized spacial score (nSPS) is 14.2. The van der Waals surface area contributed by atoms with Gasteiger partial charge in [-0.3, -0.25) is 4.79 Å². The Balaban J connectivity index is 1.80. The van der Waals surface area contributed by atoms with E-state index in [1.807, 2.05) is 29.2 Å². The van der Waals surface area contributed by atoms with Gasteiger partial charge in [0.15, 0.2) is 0 Å². The van der Waals surface area contributed by atoms with E-state index >= 15 is 0 Å². The second-order valence-corrected chi connectivity index (χ2v) is 7.17. The van der Waals surface area contributed by atoms with Crippen molar-refractivity contribution in [3.8, 4) is 16.3 Å². The number of amides is 1. The van der Waals surface area contributed by atoms with Crippen LogP contribution in [0.2, 0.25) is 0 Å². The molecule has 1 aromatic carbocycles. The number of thiazole rings is 1. The van der Waals surface area contributed by atoms with Crippen LogP contribution in [0.5, 0.6) is 5.75 Å². The average Bonchev–Trinajstić information content (AvgIpc) is 2.89. The molecule has 128 valence electrons. The largest absolute Gasteiger partial charge is 0.494 e. The molecule has 2 heterocycles. The summed E-state index contributed by atoms with van der Waals surface area (Å²) in [6, 6.07) is 7.95. The topological polar surface area (TPSA) is 42.4 Å². The van der Waals surface area contributed by atoms with Gasteiger partial charge < -0.3 is 9.64 Å². The molecule has 0 saturated heterocycles. The zero-order valence-electron chi connectivity index (χ0n) is 13.8. The van der Waals surface area contributed by atoms with Gasteiger partial charge in [0.1, 0.15) is 15.8 Å². The van der Waals surface area contributed by atoms with Gasteiger partial charge in [-0.15, -0.1) is 11.6 Å². The van der Waals surface area contributed by atoms with Crippen LogP contribution in [0.3, 0.4) is 0 Å². The molecule has 0 fully saturated rings. The molecule has 0 radical (unpaired) electrons. The minimum Gasteiger partial charge on any atom is -0.494 e. The predicted molar refractivity (Wildman–Crippen MR) is 99.3 cm³/mol. The van der Waals surface area contributed by atoms with Gasteiger partial charge in [0.2, 0.25) is 5.91 Å². The van der Waals surface area contributed by atoms with Crippen molar-refractivity contribution < 1.29 is 9.53 Å². The molecule has 1 aromatic heterocycles. The number of halogens is 1. The Hall–Kier alpha value is -1.59. The summed E-state index contributed by atoms with van der Waals surface area (Å²) in [4.78, 5) is 18.6. The molecular formula is C18H21ClN2O2S. The van der Waals surface area contributed by atoms with Gasteiger partial charge in [0.05, 0.1) is 12.3 Å². The summed E-state index contributed by atoms with van der Waals surface area (Å²) >= 11 is 7.25. The van der Waals surface area contributed by atoms with E-state index in [4.69, 9.17) is 21.3 Å². The Morgan fingerprint density at radius 1 is 1.33 bits per heavy atom. The van der Waals surface area contributed by atoms with Crippen LogP contribution < -0.4 is 9.64 Å². The van der Waals surface area contributed by atoms with Crippen molar-refractivity contribution in [1.82, 2.24) is 4.98 Å². The monoisotopic (exact) mass is 364 g/mol. The van der Waals surface area contributed by atoms with Gasteiger partial charge in [0.25, 0.3) is 0 Å². The third kappa shape index (κ3) is 3.90. The molecule has 0 unspecified atom stereocenters. The molecule has 24 heavy (non-hydrogen) atoms. The van der Waals surface area contributed by atoms with Crippen molar-refractivity contribution in [2.75, 3.05) is 23.9 Å². The number of ether oxygens (including phenoxy) is 1. The van der Waals surface area contributed by atoms with Gasteiger partial charge >= 0.3 is 0 Å². The minimum absolute atomic E-state index is 0.0939. The molecule has 0 N–H and O–H groups in total. The predicted octanol–water partition coefficient (Wildman–Crippen LogP) is 4.51. The maximum Gasteiger partial charge on any atom is 0.224 e. The fourth-order valence-electron chi connectivity index (χ4n) is 2.74. The van der Waals surface area contributed by atoms with Crippen LogP contribution in [-0.4, -0.2) is 29.9 Å². The lowest BCUT2D eigenvalue weighted by atomic mass is 10.2. The van der Waals surface area contributed by atoms with Crippen molar-refractivity contribution >= 4 is 33.8 Å². The number of carbonyl (C=O) groups is 1. The lowest BCUT2D eigenvalue weighted by molar-refractivity contribution is -0.116. The minimum atomic E-state index is 0.0939. The second kappa shape index (κ2) is 7.99. The van der Waals surface area contributed by atoms with Gasteiger partial charge in [-0.1, -0.05) is 11.3 Å².